The number of anilines is 1. The molecule has 1 fully saturated rings. The van der Waals surface area contributed by atoms with Gasteiger partial charge < -0.3 is 8.92 Å². The molecule has 9 nitrogen and oxygen atoms in total. The minimum Gasteiger partial charge on any atom is -0.490 e. The van der Waals surface area contributed by atoms with Crippen LogP contribution in [0.3, 0.4) is 0 Å². The smallest absolute Gasteiger partial charge is 0.339 e. The van der Waals surface area contributed by atoms with Crippen molar-refractivity contribution < 1.29 is 31.7 Å². The summed E-state index contributed by atoms with van der Waals surface area (Å²) in [4.78, 5) is 38.8. The second-order valence-corrected chi connectivity index (χ2v) is 10.9. The molecule has 0 aromatic heterocycles. The van der Waals surface area contributed by atoms with Crippen LogP contribution in [0.5, 0.6) is 11.5 Å². The largest absolute Gasteiger partial charge is 0.490 e. The summed E-state index contributed by atoms with van der Waals surface area (Å²) in [6, 6.07) is 13.5. The predicted octanol–water partition coefficient (Wildman–Crippen LogP) is 5.59. The average Bonchev–Trinajstić information content (AvgIpc) is 2.85. The molecule has 1 heterocycles. The number of barbiturate groups is 1. The molecule has 1 aliphatic heterocycles. The van der Waals surface area contributed by atoms with E-state index in [1.54, 1.807) is 19.1 Å². The average molecular weight is 640 g/mol. The van der Waals surface area contributed by atoms with E-state index in [0.717, 1.165) is 4.90 Å². The van der Waals surface area contributed by atoms with Crippen molar-refractivity contribution in [2.45, 2.75) is 11.8 Å². The highest BCUT2D eigenvalue weighted by atomic mass is 79.9. The maximum absolute atomic E-state index is 13.2. The van der Waals surface area contributed by atoms with Gasteiger partial charge in [0.25, 0.3) is 11.8 Å². The van der Waals surface area contributed by atoms with Gasteiger partial charge in [-0.1, -0.05) is 35.3 Å². The second-order valence-electron chi connectivity index (χ2n) is 7.66. The molecule has 0 bridgehead atoms. The molecule has 0 radical (unpaired) electrons. The molecule has 4 amide bonds. The van der Waals surface area contributed by atoms with Crippen LogP contribution >= 0.6 is 39.1 Å². The van der Waals surface area contributed by atoms with Crippen molar-refractivity contribution in [3.63, 3.8) is 0 Å². The number of halogens is 3. The van der Waals surface area contributed by atoms with Gasteiger partial charge in [-0.25, -0.2) is 9.69 Å². The van der Waals surface area contributed by atoms with Gasteiger partial charge in [0.2, 0.25) is 0 Å². The van der Waals surface area contributed by atoms with Gasteiger partial charge in [0.1, 0.15) is 10.5 Å². The van der Waals surface area contributed by atoms with Crippen LogP contribution in [0, 0.1) is 0 Å². The van der Waals surface area contributed by atoms with Gasteiger partial charge in [-0.05, 0) is 83.0 Å². The number of carbonyl (C=O) groups excluding carboxylic acids is 3. The SMILES string of the molecule is CCOc1cc(/C=C2\C(=O)NC(=O)N(c3ccccc3Cl)C2=O)cc(Br)c1OS(=O)(=O)c1ccc(Cl)cc1. The number of hydrogen-bond donors (Lipinski definition) is 1. The van der Waals surface area contributed by atoms with Gasteiger partial charge in [0.15, 0.2) is 11.5 Å². The normalized spacial score (nSPS) is 15.0. The van der Waals surface area contributed by atoms with Crippen molar-refractivity contribution >= 4 is 78.9 Å². The number of benzene rings is 3. The molecule has 3 aromatic rings. The Bertz CT molecular complexity index is 1590. The van der Waals surface area contributed by atoms with E-state index >= 15 is 0 Å². The van der Waals surface area contributed by atoms with Gasteiger partial charge in [-0.15, -0.1) is 0 Å². The summed E-state index contributed by atoms with van der Waals surface area (Å²) in [6.45, 7) is 1.83. The molecule has 1 N–H and O–H groups in total. The third-order valence-electron chi connectivity index (χ3n) is 5.13. The number of carbonyl (C=O) groups is 3. The van der Waals surface area contributed by atoms with Crippen LogP contribution < -0.4 is 19.1 Å². The van der Waals surface area contributed by atoms with Crippen molar-refractivity contribution in [2.24, 2.45) is 0 Å². The number of urea groups is 1. The Labute approximate surface area is 236 Å². The molecule has 38 heavy (non-hydrogen) atoms. The van der Waals surface area contributed by atoms with E-state index in [9.17, 15) is 22.8 Å². The fourth-order valence-corrected chi connectivity index (χ4v) is 5.40. The van der Waals surface area contributed by atoms with Crippen LogP contribution in [-0.2, 0) is 19.7 Å². The second kappa shape index (κ2) is 11.2. The van der Waals surface area contributed by atoms with Gasteiger partial charge in [-0.3, -0.25) is 14.9 Å². The van der Waals surface area contributed by atoms with Crippen molar-refractivity contribution in [2.75, 3.05) is 11.5 Å². The molecular formula is C25H17BrCl2N2O7S. The van der Waals surface area contributed by atoms with Gasteiger partial charge in [0, 0.05) is 5.02 Å². The number of amides is 4. The van der Waals surface area contributed by atoms with Crippen LogP contribution in [0.15, 0.2) is 75.6 Å². The molecule has 196 valence electrons. The fraction of sp³-hybridized carbons (Fsp3) is 0.0800. The van der Waals surface area contributed by atoms with Crippen LogP contribution in [0.1, 0.15) is 12.5 Å². The monoisotopic (exact) mass is 638 g/mol. The number of nitrogens with zero attached hydrogens (tertiary/aromatic N) is 1. The van der Waals surface area contributed by atoms with E-state index < -0.39 is 28.0 Å². The van der Waals surface area contributed by atoms with E-state index in [2.05, 4.69) is 21.2 Å². The van der Waals surface area contributed by atoms with Crippen LogP contribution in [0.4, 0.5) is 10.5 Å². The van der Waals surface area contributed by atoms with E-state index in [-0.39, 0.29) is 49.3 Å². The topological polar surface area (TPSA) is 119 Å². The van der Waals surface area contributed by atoms with Crippen molar-refractivity contribution in [1.29, 1.82) is 0 Å². The molecule has 3 aromatic carbocycles. The number of ether oxygens (including phenoxy) is 1. The fourth-order valence-electron chi connectivity index (χ4n) is 3.45. The summed E-state index contributed by atoms with van der Waals surface area (Å²) in [6.07, 6.45) is 1.23. The van der Waals surface area contributed by atoms with E-state index in [0.29, 0.717) is 5.02 Å². The lowest BCUT2D eigenvalue weighted by atomic mass is 10.1. The molecule has 1 aliphatic rings. The maximum atomic E-state index is 13.2. The molecule has 13 heteroatoms. The number of imide groups is 2. The molecular weight excluding hydrogens is 623 g/mol. The summed E-state index contributed by atoms with van der Waals surface area (Å²) in [5.41, 5.74) is 0.0206. The highest BCUT2D eigenvalue weighted by molar-refractivity contribution is 9.10. The van der Waals surface area contributed by atoms with Crippen molar-refractivity contribution in [3.05, 3.63) is 86.3 Å². The Morgan fingerprint density at radius 3 is 2.37 bits per heavy atom. The molecule has 0 aliphatic carbocycles. The van der Waals surface area contributed by atoms with E-state index in [4.69, 9.17) is 32.1 Å². The van der Waals surface area contributed by atoms with Gasteiger partial charge in [-0.2, -0.15) is 8.42 Å². The molecule has 4 rings (SSSR count). The Kier molecular flexibility index (Phi) is 8.12. The number of para-hydroxylation sites is 1. The van der Waals surface area contributed by atoms with E-state index in [1.807, 2.05) is 0 Å². The summed E-state index contributed by atoms with van der Waals surface area (Å²) >= 11 is 15.3. The third-order valence-corrected chi connectivity index (χ3v) is 7.53. The van der Waals surface area contributed by atoms with Crippen LogP contribution in [0.25, 0.3) is 6.08 Å². The molecule has 1 saturated heterocycles. The molecule has 0 saturated carbocycles. The number of nitrogens with one attached hydrogen (secondary N) is 1. The summed E-state index contributed by atoms with van der Waals surface area (Å²) in [7, 11) is -4.26. The number of rotatable bonds is 7. The van der Waals surface area contributed by atoms with Crippen molar-refractivity contribution in [3.8, 4) is 11.5 Å². The molecule has 0 atom stereocenters. The summed E-state index contributed by atoms with van der Waals surface area (Å²) < 4.78 is 36.8. The minimum atomic E-state index is -4.26. The van der Waals surface area contributed by atoms with Crippen molar-refractivity contribution in [1.82, 2.24) is 5.32 Å². The summed E-state index contributed by atoms with van der Waals surface area (Å²) in [5, 5.41) is 2.61. The Hall–Kier alpha value is -3.38. The lowest BCUT2D eigenvalue weighted by Gasteiger charge is -2.27. The minimum absolute atomic E-state index is 0.0222. The van der Waals surface area contributed by atoms with Gasteiger partial charge >= 0.3 is 16.1 Å². The zero-order chi connectivity index (χ0) is 27.6. The summed E-state index contributed by atoms with van der Waals surface area (Å²) in [5.74, 6) is -1.93. The highest BCUT2D eigenvalue weighted by Gasteiger charge is 2.37. The standard InChI is InChI=1S/C25H17BrCl2N2O7S/c1-2-36-21-13-14(12-18(26)22(21)37-38(34,35)16-9-7-15(27)8-10-16)11-17-23(31)29-25(33)30(24(17)32)20-6-4-3-5-19(20)28/h3-13H,2H2,1H3,(H,29,31,33)/b17-11+. The predicted molar refractivity (Wildman–Crippen MR) is 145 cm³/mol. The van der Waals surface area contributed by atoms with Crippen LogP contribution in [0.2, 0.25) is 10.0 Å². The van der Waals surface area contributed by atoms with Crippen LogP contribution in [-0.4, -0.2) is 32.9 Å². The first-order chi connectivity index (χ1) is 18.0. The first kappa shape index (κ1) is 27.6. The Balaban J connectivity index is 1.73. The maximum Gasteiger partial charge on any atom is 0.339 e. The third kappa shape index (κ3) is 5.70. The highest BCUT2D eigenvalue weighted by Crippen LogP contribution is 2.39. The Morgan fingerprint density at radius 2 is 1.71 bits per heavy atom. The first-order valence-electron chi connectivity index (χ1n) is 10.8. The first-order valence-corrected chi connectivity index (χ1v) is 13.8. The molecule has 0 spiro atoms. The zero-order valence-electron chi connectivity index (χ0n) is 19.4. The van der Waals surface area contributed by atoms with E-state index in [1.165, 1.54) is 54.6 Å². The number of hydrogen-bond acceptors (Lipinski definition) is 7. The molecule has 0 unspecified atom stereocenters. The zero-order valence-corrected chi connectivity index (χ0v) is 23.3. The van der Waals surface area contributed by atoms with Gasteiger partial charge in [0.05, 0.1) is 21.8 Å². The lowest BCUT2D eigenvalue weighted by Crippen LogP contribution is -2.54. The quantitative estimate of drug-likeness (QED) is 0.203. The Morgan fingerprint density at radius 1 is 1.03 bits per heavy atom. The lowest BCUT2D eigenvalue weighted by molar-refractivity contribution is -0.122.